The van der Waals surface area contributed by atoms with Crippen molar-refractivity contribution in [2.45, 2.75) is 263 Å². The van der Waals surface area contributed by atoms with E-state index in [4.69, 9.17) is 16.2 Å². The number of rotatable bonds is 11. The summed E-state index contributed by atoms with van der Waals surface area (Å²) in [6.45, 7) is 11.9. The van der Waals surface area contributed by atoms with Gasteiger partial charge in [0.25, 0.3) is 0 Å². The number of esters is 1. The van der Waals surface area contributed by atoms with Crippen molar-refractivity contribution in [3.05, 3.63) is 23.3 Å². The maximum atomic E-state index is 14.3. The molecule has 1 rings (SSSR count). The molecule has 0 spiro atoms. The lowest BCUT2D eigenvalue weighted by Gasteiger charge is -2.34. The molecular formula is C52H99N3O12. The van der Waals surface area contributed by atoms with Crippen LogP contribution in [0.3, 0.4) is 0 Å². The normalized spacial score (nSPS) is 35.2. The number of aliphatic hydroxyl groups is 10. The van der Waals surface area contributed by atoms with E-state index in [0.717, 1.165) is 37.7 Å². The Hall–Kier alpha value is -2.18. The molecule has 15 atom stereocenters. The molecular weight excluding hydrogens is 859 g/mol. The second kappa shape index (κ2) is 35.8. The summed E-state index contributed by atoms with van der Waals surface area (Å²) >= 11 is 0. The molecule has 0 saturated carbocycles. The number of allylic oxidation sites excluding steroid dienone is 1. The summed E-state index contributed by atoms with van der Waals surface area (Å²) in [4.78, 5) is 18.3. The van der Waals surface area contributed by atoms with Gasteiger partial charge in [-0.2, -0.15) is 0 Å². The van der Waals surface area contributed by atoms with E-state index >= 15 is 0 Å². The van der Waals surface area contributed by atoms with Crippen molar-refractivity contribution in [2.75, 3.05) is 6.54 Å². The summed E-state index contributed by atoms with van der Waals surface area (Å²) in [6.07, 6.45) is 6.32. The van der Waals surface area contributed by atoms with E-state index < -0.39 is 84.9 Å². The summed E-state index contributed by atoms with van der Waals surface area (Å²) in [6, 6.07) is 0. The molecule has 394 valence electrons. The van der Waals surface area contributed by atoms with Gasteiger partial charge in [0.1, 0.15) is 6.10 Å². The van der Waals surface area contributed by atoms with Crippen molar-refractivity contribution in [1.82, 2.24) is 0 Å². The van der Waals surface area contributed by atoms with Crippen LogP contribution in [0.2, 0.25) is 0 Å². The summed E-state index contributed by atoms with van der Waals surface area (Å²) < 4.78 is 6.39. The van der Waals surface area contributed by atoms with Gasteiger partial charge >= 0.3 is 5.97 Å². The van der Waals surface area contributed by atoms with Crippen molar-refractivity contribution in [2.24, 2.45) is 40.1 Å². The van der Waals surface area contributed by atoms with Crippen LogP contribution in [0, 0.1) is 23.7 Å². The average molecular weight is 958 g/mol. The van der Waals surface area contributed by atoms with Crippen molar-refractivity contribution < 1.29 is 60.6 Å². The van der Waals surface area contributed by atoms with Gasteiger partial charge < -0.3 is 67.3 Å². The number of aliphatic imine (C=N–C) groups is 1. The Morgan fingerprint density at radius 3 is 1.90 bits per heavy atom. The third-order valence-electron chi connectivity index (χ3n) is 13.9. The zero-order valence-corrected chi connectivity index (χ0v) is 42.4. The highest BCUT2D eigenvalue weighted by molar-refractivity contribution is 5.75. The Morgan fingerprint density at radius 2 is 1.28 bits per heavy atom. The first-order valence-corrected chi connectivity index (χ1v) is 26.0. The molecule has 0 bridgehead atoms. The van der Waals surface area contributed by atoms with Crippen LogP contribution < -0.4 is 11.5 Å². The molecule has 15 nitrogen and oxygen atoms in total. The van der Waals surface area contributed by atoms with E-state index in [1.807, 2.05) is 27.7 Å². The smallest absolute Gasteiger partial charge is 0.311 e. The lowest BCUT2D eigenvalue weighted by molar-refractivity contribution is -0.167. The fraction of sp³-hybridized carbons (Fsp3) is 0.885. The molecule has 0 aromatic rings. The van der Waals surface area contributed by atoms with Crippen molar-refractivity contribution in [1.29, 1.82) is 0 Å². The summed E-state index contributed by atoms with van der Waals surface area (Å²) in [5, 5.41) is 108. The lowest BCUT2D eigenvalue weighted by atomic mass is 9.83. The van der Waals surface area contributed by atoms with Gasteiger partial charge in [0, 0.05) is 18.4 Å². The molecule has 1 heterocycles. The van der Waals surface area contributed by atoms with E-state index in [1.54, 1.807) is 13.0 Å². The highest BCUT2D eigenvalue weighted by Crippen LogP contribution is 2.31. The zero-order valence-electron chi connectivity index (χ0n) is 42.4. The van der Waals surface area contributed by atoms with Gasteiger partial charge in [0.05, 0.1) is 67.0 Å². The Kier molecular flexibility index (Phi) is 33.6. The van der Waals surface area contributed by atoms with Gasteiger partial charge in [-0.05, 0) is 147 Å². The quantitative estimate of drug-likeness (QED) is 0.0395. The summed E-state index contributed by atoms with van der Waals surface area (Å²) in [5.74, 6) is -2.42. The maximum Gasteiger partial charge on any atom is 0.311 e. The average Bonchev–Trinajstić information content (AvgIpc) is 3.25. The molecule has 0 unspecified atom stereocenters. The van der Waals surface area contributed by atoms with Gasteiger partial charge in [0.2, 0.25) is 0 Å². The first kappa shape index (κ1) is 62.8. The number of guanidine groups is 1. The number of hydrogen-bond donors (Lipinski definition) is 12. The van der Waals surface area contributed by atoms with Crippen LogP contribution in [0.25, 0.3) is 0 Å². The van der Waals surface area contributed by atoms with Gasteiger partial charge in [-0.15, -0.1) is 0 Å². The number of aliphatic hydroxyl groups excluding tert-OH is 10. The maximum absolute atomic E-state index is 14.3. The molecule has 1 aliphatic heterocycles. The number of nitrogens with zero attached hydrogens (tertiary/aromatic N) is 1. The van der Waals surface area contributed by atoms with Crippen LogP contribution in [-0.2, 0) is 9.53 Å². The Bertz CT molecular complexity index is 1380. The highest BCUT2D eigenvalue weighted by atomic mass is 16.5. The van der Waals surface area contributed by atoms with Gasteiger partial charge in [0.15, 0.2) is 5.96 Å². The molecule has 0 radical (unpaired) electrons. The first-order valence-electron chi connectivity index (χ1n) is 26.0. The SMILES string of the molecule is CCCCCC[C@H]1C(=O)O[C@@H]([C@H](C)[C@H](O)CCCN=C(N)N)[C@H](C)/C=C(\C)CCCC[C@H](O)C[C@@H](O)C[C@H](O)C[C@H](O)C[C@H](O)C/C=C(\C)[C@@H](O)CCC[C@@H](O)CCC[C@@H](O)CC[C@H](C)[C@H]1O. The molecule has 0 amide bonds. The fourth-order valence-corrected chi connectivity index (χ4v) is 9.43. The largest absolute Gasteiger partial charge is 0.461 e. The number of ether oxygens (including phenoxy) is 1. The molecule has 0 aromatic carbocycles. The molecule has 15 heteroatoms. The number of carbonyl (C=O) groups is 1. The van der Waals surface area contributed by atoms with E-state index in [2.05, 4.69) is 18.0 Å². The van der Waals surface area contributed by atoms with E-state index in [0.29, 0.717) is 102 Å². The van der Waals surface area contributed by atoms with E-state index in [-0.39, 0.29) is 49.9 Å². The van der Waals surface area contributed by atoms with E-state index in [9.17, 15) is 55.9 Å². The molecule has 0 aromatic heterocycles. The van der Waals surface area contributed by atoms with Gasteiger partial charge in [-0.3, -0.25) is 9.79 Å². The van der Waals surface area contributed by atoms with Crippen LogP contribution in [0.4, 0.5) is 0 Å². The zero-order chi connectivity index (χ0) is 50.5. The molecule has 14 N–H and O–H groups in total. The molecule has 67 heavy (non-hydrogen) atoms. The van der Waals surface area contributed by atoms with Crippen molar-refractivity contribution >= 4 is 11.9 Å². The molecule has 0 aliphatic carbocycles. The minimum Gasteiger partial charge on any atom is -0.461 e. The Balaban J connectivity index is 3.30. The highest BCUT2D eigenvalue weighted by Gasteiger charge is 2.37. The minimum atomic E-state index is -1.03. The van der Waals surface area contributed by atoms with Gasteiger partial charge in [-0.25, -0.2) is 0 Å². The van der Waals surface area contributed by atoms with E-state index in [1.165, 1.54) is 0 Å². The number of hydrogen-bond acceptors (Lipinski definition) is 13. The third kappa shape index (κ3) is 28.9. The topological polar surface area (TPSA) is 293 Å². The van der Waals surface area contributed by atoms with Crippen molar-refractivity contribution in [3.63, 3.8) is 0 Å². The van der Waals surface area contributed by atoms with Crippen LogP contribution in [0.15, 0.2) is 28.3 Å². The van der Waals surface area contributed by atoms with Crippen LogP contribution in [0.5, 0.6) is 0 Å². The Morgan fingerprint density at radius 1 is 0.716 bits per heavy atom. The summed E-state index contributed by atoms with van der Waals surface area (Å²) in [5.41, 5.74) is 12.7. The minimum absolute atomic E-state index is 0.0123. The number of carbonyl (C=O) groups excluding carboxylic acids is 1. The third-order valence-corrected chi connectivity index (χ3v) is 13.9. The number of nitrogens with two attached hydrogens (primary N) is 2. The number of unbranched alkanes of at least 4 members (excludes halogenated alkanes) is 3. The van der Waals surface area contributed by atoms with Gasteiger partial charge in [-0.1, -0.05) is 77.5 Å². The Labute approximate surface area is 404 Å². The standard InChI is InChI=1S/C52H99N3O12/c1-7-8-9-10-21-46-49(65)36(4)25-26-40(57)19-13-18-39(56)20-14-22-47(63)35(3)24-27-42(59)31-44(61)33-45(62)32-43(60)30-41(58)17-12-11-16-34(2)29-37(5)50(67-51(46)66)38(6)48(64)23-15-28-55-52(53)54/h24,29,36-50,56-65H,7-23,25-28,30-33H2,1-6H3,(H4,53,54,55)/b34-29+,35-24+/t36-,37+,38+,39-,40+,41-,42+,43+,44+,45-,46+,47-,48+,49+,50+/m0/s1. The van der Waals surface area contributed by atoms with Crippen molar-refractivity contribution in [3.8, 4) is 0 Å². The first-order chi connectivity index (χ1) is 31.6. The van der Waals surface area contributed by atoms with Crippen LogP contribution in [0.1, 0.15) is 196 Å². The predicted octanol–water partition coefficient (Wildman–Crippen LogP) is 5.59. The summed E-state index contributed by atoms with van der Waals surface area (Å²) in [7, 11) is 0. The number of cyclic esters (lactones) is 1. The predicted molar refractivity (Wildman–Crippen MR) is 266 cm³/mol. The molecule has 0 saturated heterocycles. The molecule has 1 aliphatic rings. The monoisotopic (exact) mass is 958 g/mol. The van der Waals surface area contributed by atoms with Crippen LogP contribution >= 0.6 is 0 Å². The lowest BCUT2D eigenvalue weighted by Crippen LogP contribution is -2.42. The second-order valence-electron chi connectivity index (χ2n) is 20.5. The van der Waals surface area contributed by atoms with Crippen LogP contribution in [-0.4, -0.2) is 137 Å². The fourth-order valence-electron chi connectivity index (χ4n) is 9.43. The molecule has 0 fully saturated rings. The second-order valence-corrected chi connectivity index (χ2v) is 20.5.